The highest BCUT2D eigenvalue weighted by Gasteiger charge is 2.36. The van der Waals surface area contributed by atoms with E-state index < -0.39 is 11.9 Å². The van der Waals surface area contributed by atoms with Crippen molar-refractivity contribution in [2.75, 3.05) is 31.1 Å². The van der Waals surface area contributed by atoms with Crippen molar-refractivity contribution in [1.29, 1.82) is 0 Å². The molecule has 2 unspecified atom stereocenters. The Bertz CT molecular complexity index is 972. The van der Waals surface area contributed by atoms with Gasteiger partial charge in [0.05, 0.1) is 12.7 Å². The molecule has 1 N–H and O–H groups in total. The van der Waals surface area contributed by atoms with E-state index in [1.807, 2.05) is 0 Å². The summed E-state index contributed by atoms with van der Waals surface area (Å²) in [6.07, 6.45) is 3.07. The van der Waals surface area contributed by atoms with Gasteiger partial charge in [-0.1, -0.05) is 0 Å². The minimum Gasteiger partial charge on any atom is -0.356 e. The molecule has 4 heterocycles. The highest BCUT2D eigenvalue weighted by atomic mass is 19.4. The van der Waals surface area contributed by atoms with Crippen LogP contribution in [0.15, 0.2) is 40.3 Å². The Hall–Kier alpha value is -3.24. The number of carbonyl (C=O) groups excluding carboxylic acids is 1. The lowest BCUT2D eigenvalue weighted by molar-refractivity contribution is -0.119. The van der Waals surface area contributed by atoms with Crippen molar-refractivity contribution in [1.82, 2.24) is 20.2 Å². The third-order valence-corrected chi connectivity index (χ3v) is 5.93. The third kappa shape index (κ3) is 4.81. The Morgan fingerprint density at radius 1 is 1.34 bits per heavy atom. The fraction of sp³-hybridized carbons (Fsp3) is 0.476. The summed E-state index contributed by atoms with van der Waals surface area (Å²) >= 11 is 0. The zero-order chi connectivity index (χ0) is 22.7. The first kappa shape index (κ1) is 22.0. The molecular weight excluding hydrogens is 423 g/mol. The number of hydrogen-bond acceptors (Lipinski definition) is 7. The number of hydrogen-bond donors (Lipinski definition) is 1. The molecule has 0 radical (unpaired) electrons. The zero-order valence-electron chi connectivity index (χ0n) is 17.4. The fourth-order valence-electron chi connectivity index (χ4n) is 4.33. The van der Waals surface area contributed by atoms with Crippen LogP contribution in [0.4, 0.5) is 19.0 Å². The molecule has 1 amide bonds. The van der Waals surface area contributed by atoms with Gasteiger partial charge in [0, 0.05) is 44.7 Å². The molecule has 32 heavy (non-hydrogen) atoms. The van der Waals surface area contributed by atoms with E-state index in [-0.39, 0.29) is 18.3 Å². The van der Waals surface area contributed by atoms with Crippen LogP contribution >= 0.6 is 0 Å². The molecule has 0 aromatic carbocycles. The number of nitrogens with one attached hydrogen (secondary N) is 1. The maximum atomic E-state index is 13.1. The first-order valence-corrected chi connectivity index (χ1v) is 10.4. The lowest BCUT2D eigenvalue weighted by Crippen LogP contribution is -2.39. The van der Waals surface area contributed by atoms with E-state index >= 15 is 0 Å². The first-order valence-electron chi connectivity index (χ1n) is 10.4. The Labute approximate surface area is 183 Å². The highest BCUT2D eigenvalue weighted by Crippen LogP contribution is 2.32. The number of allylic oxidation sites excluding steroid dienone is 1. The molecule has 1 aromatic heterocycles. The van der Waals surface area contributed by atoms with Gasteiger partial charge in [0.2, 0.25) is 5.91 Å². The predicted molar refractivity (Wildman–Crippen MR) is 115 cm³/mol. The predicted octanol–water partition coefficient (Wildman–Crippen LogP) is 2.62. The van der Waals surface area contributed by atoms with E-state index in [1.54, 1.807) is 12.3 Å². The van der Waals surface area contributed by atoms with Gasteiger partial charge >= 0.3 is 6.18 Å². The number of rotatable bonds is 5. The topological polar surface area (TPSA) is 86.1 Å². The normalized spacial score (nSPS) is 24.4. The number of carbonyl (C=O) groups is 1. The van der Waals surface area contributed by atoms with E-state index in [1.165, 1.54) is 17.3 Å². The van der Waals surface area contributed by atoms with Gasteiger partial charge < -0.3 is 15.1 Å². The van der Waals surface area contributed by atoms with Crippen LogP contribution in [-0.2, 0) is 4.79 Å². The molecule has 2 saturated heterocycles. The SMILES string of the molecule is C=N/C=C(/c1nccc(N2CCCC(C3CNC(=O)C3)C2)n1)N1C=C(C(F)(F)F)N=CC1. The van der Waals surface area contributed by atoms with E-state index in [4.69, 9.17) is 0 Å². The summed E-state index contributed by atoms with van der Waals surface area (Å²) in [7, 11) is 0. The maximum absolute atomic E-state index is 13.1. The second-order valence-electron chi connectivity index (χ2n) is 8.03. The minimum atomic E-state index is -4.57. The van der Waals surface area contributed by atoms with Crippen LogP contribution in [0, 0.1) is 11.8 Å². The van der Waals surface area contributed by atoms with Crippen molar-refractivity contribution < 1.29 is 18.0 Å². The average molecular weight is 447 g/mol. The van der Waals surface area contributed by atoms with Gasteiger partial charge in [-0.15, -0.1) is 0 Å². The van der Waals surface area contributed by atoms with Gasteiger partial charge in [0.1, 0.15) is 11.5 Å². The molecule has 0 bridgehead atoms. The van der Waals surface area contributed by atoms with Crippen molar-refractivity contribution in [3.63, 3.8) is 0 Å². The molecule has 0 saturated carbocycles. The van der Waals surface area contributed by atoms with Crippen LogP contribution in [0.1, 0.15) is 25.1 Å². The Morgan fingerprint density at radius 2 is 2.19 bits per heavy atom. The van der Waals surface area contributed by atoms with Crippen molar-refractivity contribution in [3.05, 3.63) is 36.2 Å². The molecular formula is C21H24F3N7O. The standard InChI is InChI=1S/C21H24F3N7O/c1-25-11-16(30-8-6-26-17(13-30)21(22,23)24)20-27-5-4-18(29-20)31-7-2-3-14(12-31)15-9-19(32)28-10-15/h4-6,11,13-15H,1-3,7-10,12H2,(H,28,32)/b16-11-. The summed E-state index contributed by atoms with van der Waals surface area (Å²) < 4.78 is 39.4. The van der Waals surface area contributed by atoms with Crippen LogP contribution in [0.3, 0.4) is 0 Å². The van der Waals surface area contributed by atoms with Gasteiger partial charge in [0.15, 0.2) is 11.5 Å². The van der Waals surface area contributed by atoms with E-state index in [0.717, 1.165) is 32.1 Å². The maximum Gasteiger partial charge on any atom is 0.434 e. The summed E-state index contributed by atoms with van der Waals surface area (Å²) in [5.74, 6) is 1.73. The molecule has 3 aliphatic rings. The molecule has 8 nitrogen and oxygen atoms in total. The van der Waals surface area contributed by atoms with E-state index in [0.29, 0.717) is 36.3 Å². The van der Waals surface area contributed by atoms with Gasteiger partial charge in [-0.05, 0) is 37.5 Å². The van der Waals surface area contributed by atoms with Crippen LogP contribution in [0.5, 0.6) is 0 Å². The van der Waals surface area contributed by atoms with E-state index in [9.17, 15) is 18.0 Å². The molecule has 4 rings (SSSR count). The van der Waals surface area contributed by atoms with Gasteiger partial charge in [-0.2, -0.15) is 13.2 Å². The van der Waals surface area contributed by atoms with Gasteiger partial charge in [-0.25, -0.2) is 9.97 Å². The van der Waals surface area contributed by atoms with Crippen molar-refractivity contribution >= 4 is 30.4 Å². The van der Waals surface area contributed by atoms with Crippen LogP contribution < -0.4 is 10.2 Å². The number of alkyl halides is 3. The smallest absolute Gasteiger partial charge is 0.356 e. The number of amides is 1. The number of aromatic nitrogens is 2. The molecule has 0 spiro atoms. The molecule has 2 atom stereocenters. The molecule has 1 aromatic rings. The number of halogens is 3. The van der Waals surface area contributed by atoms with Crippen molar-refractivity contribution in [2.24, 2.45) is 21.8 Å². The summed E-state index contributed by atoms with van der Waals surface area (Å²) in [6, 6.07) is 1.79. The number of nitrogens with zero attached hydrogens (tertiary/aromatic N) is 6. The van der Waals surface area contributed by atoms with Gasteiger partial charge in [-0.3, -0.25) is 14.8 Å². The first-order chi connectivity index (χ1) is 15.3. The average Bonchev–Trinajstić information content (AvgIpc) is 3.23. The largest absolute Gasteiger partial charge is 0.434 e. The van der Waals surface area contributed by atoms with Crippen molar-refractivity contribution in [3.8, 4) is 0 Å². The lowest BCUT2D eigenvalue weighted by Gasteiger charge is -2.36. The molecule has 2 fully saturated rings. The fourth-order valence-corrected chi connectivity index (χ4v) is 4.33. The second-order valence-corrected chi connectivity index (χ2v) is 8.03. The van der Waals surface area contributed by atoms with Crippen LogP contribution in [-0.4, -0.2) is 66.1 Å². The molecule has 0 aliphatic carbocycles. The zero-order valence-corrected chi connectivity index (χ0v) is 17.4. The number of anilines is 1. The van der Waals surface area contributed by atoms with Gasteiger partial charge in [0.25, 0.3) is 0 Å². The summed E-state index contributed by atoms with van der Waals surface area (Å²) in [4.78, 5) is 31.2. The lowest BCUT2D eigenvalue weighted by atomic mass is 9.85. The van der Waals surface area contributed by atoms with Crippen LogP contribution in [0.25, 0.3) is 5.70 Å². The number of aliphatic imine (C=N–C) groups is 2. The summed E-state index contributed by atoms with van der Waals surface area (Å²) in [5, 5.41) is 2.90. The highest BCUT2D eigenvalue weighted by molar-refractivity contribution is 5.78. The second kappa shape index (κ2) is 9.09. The third-order valence-electron chi connectivity index (χ3n) is 5.93. The Kier molecular flexibility index (Phi) is 6.24. The van der Waals surface area contributed by atoms with E-state index in [2.05, 4.69) is 36.9 Å². The molecule has 3 aliphatic heterocycles. The summed E-state index contributed by atoms with van der Waals surface area (Å²) in [6.45, 7) is 5.84. The molecule has 11 heteroatoms. The Balaban J connectivity index is 1.56. The Morgan fingerprint density at radius 3 is 2.91 bits per heavy atom. The minimum absolute atomic E-state index is 0.0968. The van der Waals surface area contributed by atoms with Crippen molar-refractivity contribution in [2.45, 2.75) is 25.4 Å². The molecule has 170 valence electrons. The number of piperidine rings is 1. The summed E-state index contributed by atoms with van der Waals surface area (Å²) in [5.41, 5.74) is -0.706. The van der Waals surface area contributed by atoms with Crippen LogP contribution in [0.2, 0.25) is 0 Å². The monoisotopic (exact) mass is 447 g/mol. The quantitative estimate of drug-likeness (QED) is 0.702.